The first-order valence-electron chi connectivity index (χ1n) is 10.3. The average Bonchev–Trinajstić information content (AvgIpc) is 2.57. The highest BCUT2D eigenvalue weighted by atomic mass is 79.9. The zero-order valence-corrected chi connectivity index (χ0v) is 17.8. The van der Waals surface area contributed by atoms with Gasteiger partial charge < -0.3 is 17.0 Å². The molecule has 0 saturated heterocycles. The van der Waals surface area contributed by atoms with Crippen LogP contribution in [-0.2, 0) is 6.54 Å². The number of halogens is 1. The Morgan fingerprint density at radius 1 is 0.667 bits per heavy atom. The van der Waals surface area contributed by atoms with Gasteiger partial charge in [0.2, 0.25) is 0 Å². The average molecular weight is 398 g/mol. The van der Waals surface area contributed by atoms with Gasteiger partial charge in [-0.3, -0.25) is 0 Å². The summed E-state index contributed by atoms with van der Waals surface area (Å²) in [5.41, 5.74) is 0. The van der Waals surface area contributed by atoms with Crippen molar-refractivity contribution in [2.45, 2.75) is 104 Å². The highest BCUT2D eigenvalue weighted by Crippen LogP contribution is 2.16. The Hall–Kier alpha value is -0.370. The molecule has 0 aromatic carbocycles. The second-order valence-electron chi connectivity index (χ2n) is 7.33. The Morgan fingerprint density at radius 2 is 1.17 bits per heavy atom. The Morgan fingerprint density at radius 3 is 1.75 bits per heavy atom. The van der Waals surface area contributed by atoms with Gasteiger partial charge in [0.25, 0.3) is 0 Å². The molecule has 1 rings (SSSR count). The fourth-order valence-corrected chi connectivity index (χ4v) is 3.33. The molecule has 140 valence electrons. The SMILES string of the molecule is CCCCCCCCCCCCC(C)CCC[n+]1ccccc1.[Br-]. The van der Waals surface area contributed by atoms with Gasteiger partial charge >= 0.3 is 0 Å². The van der Waals surface area contributed by atoms with Crippen LogP contribution in [0.5, 0.6) is 0 Å². The predicted molar refractivity (Wildman–Crippen MR) is 101 cm³/mol. The van der Waals surface area contributed by atoms with E-state index in [1.807, 2.05) is 0 Å². The Labute approximate surface area is 162 Å². The first-order chi connectivity index (χ1) is 11.3. The first-order valence-corrected chi connectivity index (χ1v) is 10.3. The van der Waals surface area contributed by atoms with Gasteiger partial charge in [-0.15, -0.1) is 0 Å². The molecule has 1 heterocycles. The third-order valence-electron chi connectivity index (χ3n) is 4.94. The molecule has 0 N–H and O–H groups in total. The number of pyridine rings is 1. The lowest BCUT2D eigenvalue weighted by molar-refractivity contribution is -0.697. The minimum atomic E-state index is 0. The van der Waals surface area contributed by atoms with E-state index in [1.165, 1.54) is 90.0 Å². The number of hydrogen-bond acceptors (Lipinski definition) is 0. The van der Waals surface area contributed by atoms with Crippen LogP contribution >= 0.6 is 0 Å². The number of aromatic nitrogens is 1. The summed E-state index contributed by atoms with van der Waals surface area (Å²) in [6.07, 6.45) is 22.9. The molecule has 0 fully saturated rings. The summed E-state index contributed by atoms with van der Waals surface area (Å²) < 4.78 is 2.30. The van der Waals surface area contributed by atoms with Gasteiger partial charge in [0.1, 0.15) is 6.54 Å². The number of unbranched alkanes of at least 4 members (excludes halogenated alkanes) is 9. The molecule has 1 aromatic rings. The molecule has 2 heteroatoms. The molecule has 24 heavy (non-hydrogen) atoms. The summed E-state index contributed by atoms with van der Waals surface area (Å²) in [4.78, 5) is 0. The van der Waals surface area contributed by atoms with Crippen LogP contribution in [-0.4, -0.2) is 0 Å². The molecule has 1 atom stereocenters. The first kappa shape index (κ1) is 23.6. The molecule has 1 aromatic heterocycles. The molecule has 0 spiro atoms. The summed E-state index contributed by atoms with van der Waals surface area (Å²) in [5, 5.41) is 0. The lowest BCUT2D eigenvalue weighted by atomic mass is 9.97. The topological polar surface area (TPSA) is 3.88 Å². The minimum absolute atomic E-state index is 0. The van der Waals surface area contributed by atoms with Gasteiger partial charge in [-0.05, 0) is 12.3 Å². The van der Waals surface area contributed by atoms with Crippen molar-refractivity contribution in [1.82, 2.24) is 0 Å². The normalized spacial score (nSPS) is 11.9. The number of hydrogen-bond donors (Lipinski definition) is 0. The van der Waals surface area contributed by atoms with E-state index in [4.69, 9.17) is 0 Å². The van der Waals surface area contributed by atoms with Crippen molar-refractivity contribution in [1.29, 1.82) is 0 Å². The van der Waals surface area contributed by atoms with Crippen molar-refractivity contribution in [2.24, 2.45) is 5.92 Å². The molecule has 1 unspecified atom stereocenters. The van der Waals surface area contributed by atoms with Crippen molar-refractivity contribution in [3.05, 3.63) is 30.6 Å². The largest absolute Gasteiger partial charge is 1.00 e. The second kappa shape index (κ2) is 17.5. The third-order valence-corrected chi connectivity index (χ3v) is 4.94. The molecule has 0 amide bonds. The van der Waals surface area contributed by atoms with Crippen molar-refractivity contribution >= 4 is 0 Å². The Kier molecular flexibility index (Phi) is 17.2. The van der Waals surface area contributed by atoms with Crippen molar-refractivity contribution in [2.75, 3.05) is 0 Å². The maximum absolute atomic E-state index is 2.43. The summed E-state index contributed by atoms with van der Waals surface area (Å²) in [6.45, 7) is 5.90. The summed E-state index contributed by atoms with van der Waals surface area (Å²) in [5.74, 6) is 0.897. The molecular formula is C22H40BrN. The monoisotopic (exact) mass is 397 g/mol. The third kappa shape index (κ3) is 14.0. The fraction of sp³-hybridized carbons (Fsp3) is 0.773. The Bertz CT molecular complexity index is 352. The van der Waals surface area contributed by atoms with E-state index < -0.39 is 0 Å². The standard InChI is InChI=1S/C22H40N.BrH/c1-3-4-5-6-7-8-9-10-11-13-17-22(2)18-16-21-23-19-14-12-15-20-23;/h12,14-15,19-20,22H,3-11,13,16-18,21H2,1-2H3;1H/q+1;/p-1. The highest BCUT2D eigenvalue weighted by molar-refractivity contribution is 4.83. The quantitative estimate of drug-likeness (QED) is 0.313. The van der Waals surface area contributed by atoms with E-state index in [1.54, 1.807) is 0 Å². The Balaban J connectivity index is 0.00000529. The van der Waals surface area contributed by atoms with E-state index in [2.05, 4.69) is 49.0 Å². The van der Waals surface area contributed by atoms with Crippen molar-refractivity contribution in [3.63, 3.8) is 0 Å². The summed E-state index contributed by atoms with van der Waals surface area (Å²) in [7, 11) is 0. The van der Waals surface area contributed by atoms with Crippen LogP contribution in [0.2, 0.25) is 0 Å². The highest BCUT2D eigenvalue weighted by Gasteiger charge is 2.04. The van der Waals surface area contributed by atoms with Gasteiger partial charge in [-0.25, -0.2) is 4.57 Å². The van der Waals surface area contributed by atoms with Crippen LogP contribution in [0, 0.1) is 5.92 Å². The van der Waals surface area contributed by atoms with Crippen LogP contribution in [0.4, 0.5) is 0 Å². The fourth-order valence-electron chi connectivity index (χ4n) is 3.33. The van der Waals surface area contributed by atoms with Gasteiger partial charge in [0.15, 0.2) is 12.4 Å². The van der Waals surface area contributed by atoms with Gasteiger partial charge in [-0.1, -0.05) is 90.5 Å². The number of aryl methyl sites for hydroxylation is 1. The van der Waals surface area contributed by atoms with E-state index in [0.29, 0.717) is 0 Å². The van der Waals surface area contributed by atoms with Gasteiger partial charge in [0, 0.05) is 18.6 Å². The van der Waals surface area contributed by atoms with Crippen LogP contribution in [0.15, 0.2) is 30.6 Å². The zero-order chi connectivity index (χ0) is 16.6. The van der Waals surface area contributed by atoms with Gasteiger partial charge in [-0.2, -0.15) is 0 Å². The zero-order valence-electron chi connectivity index (χ0n) is 16.2. The molecule has 0 aliphatic heterocycles. The van der Waals surface area contributed by atoms with Crippen LogP contribution in [0.25, 0.3) is 0 Å². The van der Waals surface area contributed by atoms with E-state index in [-0.39, 0.29) is 17.0 Å². The summed E-state index contributed by atoms with van der Waals surface area (Å²) >= 11 is 0. The molecule has 0 aliphatic carbocycles. The number of rotatable bonds is 15. The lowest BCUT2D eigenvalue weighted by Gasteiger charge is -2.10. The molecule has 0 radical (unpaired) electrons. The van der Waals surface area contributed by atoms with E-state index in [9.17, 15) is 0 Å². The van der Waals surface area contributed by atoms with Crippen molar-refractivity contribution in [3.8, 4) is 0 Å². The summed E-state index contributed by atoms with van der Waals surface area (Å²) in [6, 6.07) is 6.32. The molecule has 0 saturated carbocycles. The van der Waals surface area contributed by atoms with Gasteiger partial charge in [0.05, 0.1) is 0 Å². The second-order valence-corrected chi connectivity index (χ2v) is 7.33. The predicted octanol–water partition coefficient (Wildman–Crippen LogP) is 3.71. The van der Waals surface area contributed by atoms with Crippen LogP contribution in [0.3, 0.4) is 0 Å². The molecular weight excluding hydrogens is 358 g/mol. The number of nitrogens with zero attached hydrogens (tertiary/aromatic N) is 1. The van der Waals surface area contributed by atoms with E-state index >= 15 is 0 Å². The maximum atomic E-state index is 2.43. The molecule has 1 nitrogen and oxygen atoms in total. The molecule has 0 bridgehead atoms. The smallest absolute Gasteiger partial charge is 0.168 e. The van der Waals surface area contributed by atoms with Crippen LogP contribution in [0.1, 0.15) is 97.3 Å². The van der Waals surface area contributed by atoms with E-state index in [0.717, 1.165) is 5.92 Å². The molecule has 0 aliphatic rings. The minimum Gasteiger partial charge on any atom is -1.00 e. The maximum Gasteiger partial charge on any atom is 0.168 e. The van der Waals surface area contributed by atoms with Crippen LogP contribution < -0.4 is 21.5 Å². The lowest BCUT2D eigenvalue weighted by Crippen LogP contribution is -3.00. The van der Waals surface area contributed by atoms with Crippen molar-refractivity contribution < 1.29 is 21.5 Å².